The number of ether oxygens (including phenoxy) is 1. The molecule has 0 spiro atoms. The van der Waals surface area contributed by atoms with Gasteiger partial charge in [0.05, 0.1) is 17.0 Å². The van der Waals surface area contributed by atoms with Gasteiger partial charge in [-0.25, -0.2) is 0 Å². The van der Waals surface area contributed by atoms with Crippen molar-refractivity contribution >= 4 is 35.2 Å². The molecule has 0 amide bonds. The van der Waals surface area contributed by atoms with Gasteiger partial charge >= 0.3 is 0 Å². The van der Waals surface area contributed by atoms with Crippen LogP contribution in [0.25, 0.3) is 6.08 Å². The Morgan fingerprint density at radius 1 is 1.29 bits per heavy atom. The normalized spacial score (nSPS) is 11.2. The minimum absolute atomic E-state index is 0.0444. The number of allylic oxidation sites excluding steroid dienone is 1. The predicted molar refractivity (Wildman–Crippen MR) is 91.3 cm³/mol. The maximum absolute atomic E-state index is 12.5. The molecular weight excluding hydrogens is 358 g/mol. The molecule has 2 rings (SSSR count). The molecule has 1 N–H and O–H groups in total. The van der Waals surface area contributed by atoms with E-state index >= 15 is 0 Å². The van der Waals surface area contributed by atoms with Crippen molar-refractivity contribution < 1.29 is 23.4 Å². The van der Waals surface area contributed by atoms with E-state index in [1.165, 1.54) is 43.5 Å². The fourth-order valence-corrected chi connectivity index (χ4v) is 2.70. The van der Waals surface area contributed by atoms with E-state index in [0.29, 0.717) is 22.9 Å². The number of carbonyl (C=O) groups is 1. The summed E-state index contributed by atoms with van der Waals surface area (Å²) in [6, 6.07) is 8.85. The van der Waals surface area contributed by atoms with Crippen molar-refractivity contribution in [3.05, 3.63) is 58.6 Å². The van der Waals surface area contributed by atoms with Crippen molar-refractivity contribution in [2.45, 2.75) is 10.7 Å². The number of methoxy groups -OCH3 is 1. The molecule has 0 bridgehead atoms. The molecule has 0 saturated carbocycles. The number of phenols is 1. The molecule has 0 aromatic heterocycles. The van der Waals surface area contributed by atoms with E-state index in [4.69, 9.17) is 16.3 Å². The maximum Gasteiger partial charge on any atom is 0.289 e. The first kappa shape index (κ1) is 18.3. The van der Waals surface area contributed by atoms with Crippen LogP contribution in [0.5, 0.6) is 11.5 Å². The van der Waals surface area contributed by atoms with Gasteiger partial charge in [0, 0.05) is 5.56 Å². The third kappa shape index (κ3) is 4.72. The van der Waals surface area contributed by atoms with Crippen LogP contribution in [0.1, 0.15) is 15.9 Å². The molecule has 0 atom stereocenters. The summed E-state index contributed by atoms with van der Waals surface area (Å²) in [5, 5.41) is 9.53. The number of aromatic hydroxyl groups is 1. The lowest BCUT2D eigenvalue weighted by Gasteiger charge is -2.08. The van der Waals surface area contributed by atoms with Gasteiger partial charge < -0.3 is 9.84 Å². The number of hydrogen-bond acceptors (Lipinski definition) is 4. The van der Waals surface area contributed by atoms with E-state index in [9.17, 15) is 18.7 Å². The molecule has 0 unspecified atom stereocenters. The van der Waals surface area contributed by atoms with Crippen LogP contribution in [0, 0.1) is 0 Å². The second kappa shape index (κ2) is 8.17. The van der Waals surface area contributed by atoms with Crippen LogP contribution in [0.3, 0.4) is 0 Å². The van der Waals surface area contributed by atoms with E-state index in [0.717, 1.165) is 0 Å². The Labute approximate surface area is 146 Å². The van der Waals surface area contributed by atoms with Gasteiger partial charge in [0.15, 0.2) is 5.78 Å². The Balaban J connectivity index is 2.19. The van der Waals surface area contributed by atoms with E-state index in [1.54, 1.807) is 12.1 Å². The van der Waals surface area contributed by atoms with Crippen molar-refractivity contribution in [1.82, 2.24) is 0 Å². The summed E-state index contributed by atoms with van der Waals surface area (Å²) in [5.74, 6) is -2.71. The smallest absolute Gasteiger partial charge is 0.289 e. The molecule has 24 heavy (non-hydrogen) atoms. The average Bonchev–Trinajstić information content (AvgIpc) is 2.55. The monoisotopic (exact) mass is 370 g/mol. The van der Waals surface area contributed by atoms with Gasteiger partial charge in [-0.05, 0) is 42.0 Å². The number of benzene rings is 2. The highest BCUT2D eigenvalue weighted by molar-refractivity contribution is 7.99. The third-order valence-corrected chi connectivity index (χ3v) is 4.14. The van der Waals surface area contributed by atoms with Crippen LogP contribution in [-0.4, -0.2) is 23.8 Å². The summed E-state index contributed by atoms with van der Waals surface area (Å²) in [5.41, 5.74) is 0.953. The van der Waals surface area contributed by atoms with Crippen molar-refractivity contribution in [2.24, 2.45) is 0 Å². The minimum atomic E-state index is -2.57. The number of rotatable bonds is 6. The van der Waals surface area contributed by atoms with Crippen LogP contribution < -0.4 is 4.74 Å². The number of ketones is 1. The lowest BCUT2D eigenvalue weighted by molar-refractivity contribution is 0.104. The second-order valence-corrected chi connectivity index (χ2v) is 6.09. The lowest BCUT2D eigenvalue weighted by Crippen LogP contribution is -1.97. The van der Waals surface area contributed by atoms with Crippen LogP contribution in [-0.2, 0) is 0 Å². The molecule has 2 aromatic rings. The van der Waals surface area contributed by atoms with Crippen molar-refractivity contribution in [3.8, 4) is 11.5 Å². The molecule has 0 radical (unpaired) electrons. The van der Waals surface area contributed by atoms with E-state index < -0.39 is 5.76 Å². The number of halogens is 3. The molecule has 0 aliphatic rings. The topological polar surface area (TPSA) is 46.5 Å². The molecule has 0 fully saturated rings. The number of phenolic OH excluding ortho intramolecular Hbond substituents is 1. The molecule has 0 saturated heterocycles. The van der Waals surface area contributed by atoms with Gasteiger partial charge in [0.2, 0.25) is 0 Å². The molecule has 0 aliphatic carbocycles. The van der Waals surface area contributed by atoms with Crippen molar-refractivity contribution in [1.29, 1.82) is 0 Å². The molecule has 7 heteroatoms. The highest BCUT2D eigenvalue weighted by Crippen LogP contribution is 2.34. The Bertz CT molecular complexity index is 778. The van der Waals surface area contributed by atoms with E-state index in [-0.39, 0.29) is 27.2 Å². The van der Waals surface area contributed by atoms with Gasteiger partial charge in [-0.15, -0.1) is 0 Å². The largest absolute Gasteiger partial charge is 0.506 e. The van der Waals surface area contributed by atoms with Crippen molar-refractivity contribution in [3.63, 3.8) is 0 Å². The molecule has 3 nitrogen and oxygen atoms in total. The van der Waals surface area contributed by atoms with Gasteiger partial charge in [0.25, 0.3) is 5.76 Å². The molecular formula is C17H13ClF2O3S. The summed E-state index contributed by atoms with van der Waals surface area (Å²) < 4.78 is 30.0. The number of thioether (sulfide) groups is 1. The van der Waals surface area contributed by atoms with E-state index in [1.807, 2.05) is 0 Å². The summed E-state index contributed by atoms with van der Waals surface area (Å²) in [6.07, 6.45) is 2.87. The number of hydrogen-bond donors (Lipinski definition) is 1. The molecule has 2 aromatic carbocycles. The summed E-state index contributed by atoms with van der Waals surface area (Å²) in [6.45, 7) is 0. The standard InChI is InChI=1S/C17H13ClF2O3S/c1-23-15-9-11(4-7-16(15)24-17(19)20)13(21)5-2-10-3-6-14(22)12(18)8-10/h2-9,17,22H,1H3/b5-2+. The fraction of sp³-hybridized carbons (Fsp3) is 0.118. The first-order valence-corrected chi connectivity index (χ1v) is 8.00. The van der Waals surface area contributed by atoms with Gasteiger partial charge in [-0.1, -0.05) is 35.5 Å². The lowest BCUT2D eigenvalue weighted by atomic mass is 10.1. The SMILES string of the molecule is COc1cc(C(=O)/C=C/c2ccc(O)c(Cl)c2)ccc1SC(F)F. The first-order valence-electron chi connectivity index (χ1n) is 6.74. The Kier molecular flexibility index (Phi) is 6.23. The average molecular weight is 371 g/mol. The Morgan fingerprint density at radius 2 is 2.04 bits per heavy atom. The van der Waals surface area contributed by atoms with Gasteiger partial charge in [0.1, 0.15) is 11.5 Å². The Hall–Kier alpha value is -2.05. The zero-order chi connectivity index (χ0) is 17.7. The Morgan fingerprint density at radius 3 is 2.67 bits per heavy atom. The van der Waals surface area contributed by atoms with Gasteiger partial charge in [-0.3, -0.25) is 4.79 Å². The predicted octanol–water partition coefficient (Wildman–Crippen LogP) is 5.27. The zero-order valence-corrected chi connectivity index (χ0v) is 14.1. The summed E-state index contributed by atoms with van der Waals surface area (Å²) in [4.78, 5) is 12.5. The molecule has 126 valence electrons. The van der Waals surface area contributed by atoms with Crippen molar-refractivity contribution in [2.75, 3.05) is 7.11 Å². The zero-order valence-electron chi connectivity index (χ0n) is 12.5. The molecule has 0 heterocycles. The maximum atomic E-state index is 12.5. The van der Waals surface area contributed by atoms with Crippen LogP contribution in [0.4, 0.5) is 8.78 Å². The summed E-state index contributed by atoms with van der Waals surface area (Å²) in [7, 11) is 1.35. The third-order valence-electron chi connectivity index (χ3n) is 3.06. The number of carbonyl (C=O) groups excluding carboxylic acids is 1. The van der Waals surface area contributed by atoms with Crippen LogP contribution >= 0.6 is 23.4 Å². The van der Waals surface area contributed by atoms with Crippen LogP contribution in [0.2, 0.25) is 5.02 Å². The second-order valence-electron chi connectivity index (χ2n) is 4.65. The first-order chi connectivity index (χ1) is 11.4. The highest BCUT2D eigenvalue weighted by Gasteiger charge is 2.13. The minimum Gasteiger partial charge on any atom is -0.506 e. The number of alkyl halides is 2. The fourth-order valence-electron chi connectivity index (χ4n) is 1.91. The summed E-state index contributed by atoms with van der Waals surface area (Å²) >= 11 is 6.15. The van der Waals surface area contributed by atoms with Crippen LogP contribution in [0.15, 0.2) is 47.4 Å². The van der Waals surface area contributed by atoms with E-state index in [2.05, 4.69) is 0 Å². The van der Waals surface area contributed by atoms with Gasteiger partial charge in [-0.2, -0.15) is 8.78 Å². The highest BCUT2D eigenvalue weighted by atomic mass is 35.5. The quantitative estimate of drug-likeness (QED) is 0.427. The molecule has 0 aliphatic heterocycles.